The van der Waals surface area contributed by atoms with E-state index in [-0.39, 0.29) is 11.0 Å². The zero-order chi connectivity index (χ0) is 20.3. The van der Waals surface area contributed by atoms with Crippen LogP contribution in [-0.4, -0.2) is 27.8 Å². The molecule has 0 unspecified atom stereocenters. The zero-order valence-corrected chi connectivity index (χ0v) is 17.1. The summed E-state index contributed by atoms with van der Waals surface area (Å²) in [6.07, 6.45) is 0. The molecule has 4 rings (SSSR count). The van der Waals surface area contributed by atoms with Gasteiger partial charge in [-0.25, -0.2) is 4.39 Å². The van der Waals surface area contributed by atoms with Crippen LogP contribution in [0.15, 0.2) is 35.1 Å². The summed E-state index contributed by atoms with van der Waals surface area (Å²) in [5.74, 6) is -0.414. The van der Waals surface area contributed by atoms with Crippen LogP contribution in [0.5, 0.6) is 0 Å². The minimum absolute atomic E-state index is 0.201. The molecule has 7 heteroatoms. The maximum atomic E-state index is 15.0. The van der Waals surface area contributed by atoms with Crippen LogP contribution in [0.3, 0.4) is 0 Å². The van der Waals surface area contributed by atoms with Gasteiger partial charge in [0.1, 0.15) is 5.82 Å². The highest BCUT2D eigenvalue weighted by atomic mass is 19.1. The fourth-order valence-electron chi connectivity index (χ4n) is 3.81. The Bertz CT molecular complexity index is 945. The highest BCUT2D eigenvalue weighted by Gasteiger charge is 2.52. The summed E-state index contributed by atoms with van der Waals surface area (Å²) in [5, 5.41) is 0. The van der Waals surface area contributed by atoms with E-state index in [1.54, 1.807) is 7.05 Å². The average Bonchev–Trinajstić information content (AvgIpc) is 3.12. The predicted molar refractivity (Wildman–Crippen MR) is 107 cm³/mol. The van der Waals surface area contributed by atoms with E-state index in [4.69, 9.17) is 9.31 Å². The quantitative estimate of drug-likeness (QED) is 0.763. The van der Waals surface area contributed by atoms with Crippen LogP contribution in [0.25, 0.3) is 0 Å². The molecule has 0 N–H and O–H groups in total. The van der Waals surface area contributed by atoms with Crippen LogP contribution in [-0.2, 0) is 36.0 Å². The van der Waals surface area contributed by atoms with E-state index in [2.05, 4.69) is 17.0 Å². The van der Waals surface area contributed by atoms with Gasteiger partial charge in [-0.1, -0.05) is 24.3 Å². The molecule has 28 heavy (non-hydrogen) atoms. The lowest BCUT2D eigenvalue weighted by molar-refractivity contribution is 0.00578. The van der Waals surface area contributed by atoms with Gasteiger partial charge in [-0.15, -0.1) is 0 Å². The van der Waals surface area contributed by atoms with Crippen LogP contribution >= 0.6 is 0 Å². The van der Waals surface area contributed by atoms with Gasteiger partial charge in [0, 0.05) is 26.7 Å². The molecule has 3 heterocycles. The zero-order valence-electron chi connectivity index (χ0n) is 17.1. The Hall–Kier alpha value is -1.96. The molecule has 148 valence electrons. The van der Waals surface area contributed by atoms with Gasteiger partial charge < -0.3 is 13.9 Å². The van der Waals surface area contributed by atoms with Gasteiger partial charge in [0.05, 0.1) is 22.4 Å². The second kappa shape index (κ2) is 6.54. The molecule has 2 aliphatic heterocycles. The summed E-state index contributed by atoms with van der Waals surface area (Å²) in [5.41, 5.74) is 1.62. The molecule has 0 bridgehead atoms. The van der Waals surface area contributed by atoms with Crippen molar-refractivity contribution in [3.63, 3.8) is 0 Å². The monoisotopic (exact) mass is 384 g/mol. The van der Waals surface area contributed by atoms with Gasteiger partial charge in [-0.05, 0) is 44.9 Å². The standard InChI is InChI=1S/C21H26BFN2O3/c1-20(2)21(3,4)28-22(27-20)16-10-17(23)18(24(5)19(16)26)13-25-11-14-8-6-7-9-15(14)12-25/h6-10H,11-13H2,1-5H3. The Labute approximate surface area is 165 Å². The van der Waals surface area contributed by atoms with Crippen LogP contribution in [0.4, 0.5) is 4.39 Å². The topological polar surface area (TPSA) is 43.7 Å². The SMILES string of the molecule is Cn1c(CN2Cc3ccccc3C2)c(F)cc(B2OC(C)(C)C(C)(C)O2)c1=O. The molecule has 1 fully saturated rings. The molecule has 5 nitrogen and oxygen atoms in total. The third kappa shape index (κ3) is 3.11. The third-order valence-corrected chi connectivity index (χ3v) is 6.30. The number of halogens is 1. The summed E-state index contributed by atoms with van der Waals surface area (Å²) in [4.78, 5) is 15.1. The van der Waals surface area contributed by atoms with E-state index in [1.807, 2.05) is 39.8 Å². The lowest BCUT2D eigenvalue weighted by atomic mass is 9.79. The van der Waals surface area contributed by atoms with Crippen LogP contribution in [0.1, 0.15) is 44.5 Å². The highest BCUT2D eigenvalue weighted by molar-refractivity contribution is 6.61. The molecule has 2 aromatic rings. The van der Waals surface area contributed by atoms with E-state index >= 15 is 4.39 Å². The minimum Gasteiger partial charge on any atom is -0.399 e. The Morgan fingerprint density at radius 1 is 1.07 bits per heavy atom. The maximum absolute atomic E-state index is 15.0. The van der Waals surface area contributed by atoms with Crippen molar-refractivity contribution in [3.8, 4) is 0 Å². The molecule has 0 spiro atoms. The first kappa shape index (κ1) is 19.4. The summed E-state index contributed by atoms with van der Waals surface area (Å²) < 4.78 is 28.3. The largest absolute Gasteiger partial charge is 0.500 e. The number of fused-ring (bicyclic) bond motifs is 1. The molecule has 0 atom stereocenters. The number of aromatic nitrogens is 1. The van der Waals surface area contributed by atoms with Crippen molar-refractivity contribution >= 4 is 12.6 Å². The van der Waals surface area contributed by atoms with Crippen molar-refractivity contribution in [1.29, 1.82) is 0 Å². The van der Waals surface area contributed by atoms with E-state index < -0.39 is 24.1 Å². The molecule has 1 aromatic carbocycles. The lowest BCUT2D eigenvalue weighted by Crippen LogP contribution is -2.48. The van der Waals surface area contributed by atoms with Crippen molar-refractivity contribution in [2.75, 3.05) is 0 Å². The Morgan fingerprint density at radius 3 is 2.14 bits per heavy atom. The summed E-state index contributed by atoms with van der Waals surface area (Å²) in [7, 11) is 0.738. The fraction of sp³-hybridized carbons (Fsp3) is 0.476. The van der Waals surface area contributed by atoms with Gasteiger partial charge in [0.15, 0.2) is 0 Å². The number of rotatable bonds is 3. The first-order chi connectivity index (χ1) is 13.1. The van der Waals surface area contributed by atoms with Crippen molar-refractivity contribution < 1.29 is 13.7 Å². The second-order valence-electron chi connectivity index (χ2n) is 8.76. The van der Waals surface area contributed by atoms with E-state index in [0.717, 1.165) is 13.1 Å². The number of hydrogen-bond acceptors (Lipinski definition) is 4. The molecule has 1 saturated heterocycles. The van der Waals surface area contributed by atoms with Crippen molar-refractivity contribution in [2.24, 2.45) is 7.05 Å². The summed E-state index contributed by atoms with van der Waals surface area (Å²) in [6, 6.07) is 9.48. The molecule has 1 aromatic heterocycles. The summed E-state index contributed by atoms with van der Waals surface area (Å²) in [6.45, 7) is 9.52. The molecule has 0 saturated carbocycles. The van der Waals surface area contributed by atoms with Gasteiger partial charge in [-0.3, -0.25) is 9.69 Å². The van der Waals surface area contributed by atoms with E-state index in [0.29, 0.717) is 12.2 Å². The van der Waals surface area contributed by atoms with Crippen molar-refractivity contribution in [3.05, 3.63) is 63.3 Å². The van der Waals surface area contributed by atoms with Crippen LogP contribution in [0.2, 0.25) is 0 Å². The van der Waals surface area contributed by atoms with E-state index in [1.165, 1.54) is 21.8 Å². The highest BCUT2D eigenvalue weighted by Crippen LogP contribution is 2.36. The Kier molecular flexibility index (Phi) is 4.52. The normalized spacial score (nSPS) is 20.6. The Balaban J connectivity index is 1.61. The predicted octanol–water partition coefficient (Wildman–Crippen LogP) is 2.34. The maximum Gasteiger partial charge on any atom is 0.500 e. The van der Waals surface area contributed by atoms with Gasteiger partial charge in [-0.2, -0.15) is 0 Å². The number of benzene rings is 1. The molecular weight excluding hydrogens is 358 g/mol. The molecule has 0 radical (unpaired) electrons. The smallest absolute Gasteiger partial charge is 0.399 e. The average molecular weight is 384 g/mol. The first-order valence-corrected chi connectivity index (χ1v) is 9.62. The van der Waals surface area contributed by atoms with Gasteiger partial charge in [0.2, 0.25) is 0 Å². The lowest BCUT2D eigenvalue weighted by Gasteiger charge is -2.32. The number of pyridine rings is 1. The Morgan fingerprint density at radius 2 is 1.61 bits per heavy atom. The first-order valence-electron chi connectivity index (χ1n) is 9.62. The van der Waals surface area contributed by atoms with Gasteiger partial charge in [0.25, 0.3) is 5.56 Å². The second-order valence-corrected chi connectivity index (χ2v) is 8.76. The van der Waals surface area contributed by atoms with Gasteiger partial charge >= 0.3 is 7.12 Å². The van der Waals surface area contributed by atoms with E-state index in [9.17, 15) is 4.79 Å². The molecule has 0 amide bonds. The summed E-state index contributed by atoms with van der Waals surface area (Å²) >= 11 is 0. The number of hydrogen-bond donors (Lipinski definition) is 0. The van der Waals surface area contributed by atoms with Crippen LogP contribution < -0.4 is 11.0 Å². The van der Waals surface area contributed by atoms with Crippen molar-refractivity contribution in [2.45, 2.75) is 58.5 Å². The molecular formula is C21H26BFN2O3. The number of nitrogens with zero attached hydrogens (tertiary/aromatic N) is 2. The third-order valence-electron chi connectivity index (χ3n) is 6.30. The minimum atomic E-state index is -0.872. The van der Waals surface area contributed by atoms with Crippen LogP contribution in [0, 0.1) is 5.82 Å². The molecule has 2 aliphatic rings. The van der Waals surface area contributed by atoms with Crippen molar-refractivity contribution in [1.82, 2.24) is 9.47 Å². The fourth-order valence-corrected chi connectivity index (χ4v) is 3.81. The molecule has 0 aliphatic carbocycles.